The molecule has 0 spiro atoms. The maximum atomic E-state index is 11.4. The number of H-pyrrole nitrogens is 1. The van der Waals surface area contributed by atoms with Gasteiger partial charge < -0.3 is 4.98 Å². The van der Waals surface area contributed by atoms with E-state index in [0.29, 0.717) is 11.1 Å². The summed E-state index contributed by atoms with van der Waals surface area (Å²) in [5, 5.41) is 12.1. The van der Waals surface area contributed by atoms with E-state index in [1.807, 2.05) is 54.8 Å². The molecule has 0 saturated carbocycles. The maximum Gasteiger partial charge on any atom is 0.302 e. The number of nitrogens with one attached hydrogen (secondary N) is 1. The van der Waals surface area contributed by atoms with Crippen molar-refractivity contribution in [3.63, 3.8) is 0 Å². The van der Waals surface area contributed by atoms with Crippen LogP contribution in [0.25, 0.3) is 22.2 Å². The van der Waals surface area contributed by atoms with Gasteiger partial charge in [-0.05, 0) is 24.5 Å². The monoisotopic (exact) mass is 284 g/mol. The highest BCUT2D eigenvalue weighted by molar-refractivity contribution is 7.98. The van der Waals surface area contributed by atoms with Crippen molar-refractivity contribution in [1.82, 2.24) is 4.98 Å². The van der Waals surface area contributed by atoms with E-state index in [2.05, 4.69) is 4.98 Å². The summed E-state index contributed by atoms with van der Waals surface area (Å²) < 4.78 is 0. The molecule has 0 radical (unpaired) electrons. The molecule has 0 saturated heterocycles. The summed E-state index contributed by atoms with van der Waals surface area (Å²) in [6, 6.07) is 15.1. The molecule has 1 aromatic heterocycles. The first-order valence-electron chi connectivity index (χ1n) is 6.10. The van der Waals surface area contributed by atoms with Crippen LogP contribution in [-0.2, 0) is 0 Å². The molecule has 3 rings (SSSR count). The van der Waals surface area contributed by atoms with Gasteiger partial charge in [0.15, 0.2) is 0 Å². The molecule has 0 aliphatic heterocycles. The molecule has 0 aliphatic rings. The number of rotatable bonds is 3. The molecule has 1 N–H and O–H groups in total. The lowest BCUT2D eigenvalue weighted by Gasteiger charge is -1.97. The number of thioether (sulfide) groups is 1. The fourth-order valence-corrected chi connectivity index (χ4v) is 2.73. The SMILES string of the molecule is CSc1ccc2[nH]c(-c3ccccc3)c([N+](=O)[O-])c2c1. The molecule has 2 aromatic carbocycles. The van der Waals surface area contributed by atoms with Gasteiger partial charge in [0, 0.05) is 10.5 Å². The van der Waals surface area contributed by atoms with Crippen LogP contribution in [0.15, 0.2) is 53.4 Å². The summed E-state index contributed by atoms with van der Waals surface area (Å²) in [7, 11) is 0. The zero-order valence-corrected chi connectivity index (χ0v) is 11.6. The van der Waals surface area contributed by atoms with Crippen LogP contribution in [0.1, 0.15) is 0 Å². The Morgan fingerprint density at radius 3 is 2.55 bits per heavy atom. The molecule has 0 unspecified atom stereocenters. The Kier molecular flexibility index (Phi) is 3.20. The smallest absolute Gasteiger partial charge is 0.302 e. The second kappa shape index (κ2) is 5.02. The van der Waals surface area contributed by atoms with Crippen LogP contribution in [-0.4, -0.2) is 16.2 Å². The second-order valence-corrected chi connectivity index (χ2v) is 5.26. The molecule has 20 heavy (non-hydrogen) atoms. The molecule has 0 atom stereocenters. The first kappa shape index (κ1) is 12.7. The van der Waals surface area contributed by atoms with Gasteiger partial charge in [0.2, 0.25) is 0 Å². The molecular weight excluding hydrogens is 272 g/mol. The summed E-state index contributed by atoms with van der Waals surface area (Å²) in [6.45, 7) is 0. The summed E-state index contributed by atoms with van der Waals surface area (Å²) in [6.07, 6.45) is 1.96. The van der Waals surface area contributed by atoms with Crippen molar-refractivity contribution in [2.45, 2.75) is 4.90 Å². The van der Waals surface area contributed by atoms with E-state index in [1.54, 1.807) is 11.8 Å². The van der Waals surface area contributed by atoms with Gasteiger partial charge >= 0.3 is 5.69 Å². The number of aromatic amines is 1. The minimum absolute atomic E-state index is 0.141. The van der Waals surface area contributed by atoms with Gasteiger partial charge in [-0.2, -0.15) is 0 Å². The van der Waals surface area contributed by atoms with E-state index in [0.717, 1.165) is 16.0 Å². The van der Waals surface area contributed by atoms with Crippen molar-refractivity contribution >= 4 is 28.4 Å². The average molecular weight is 284 g/mol. The molecule has 0 amide bonds. The molecule has 5 heteroatoms. The number of fused-ring (bicyclic) bond motifs is 1. The zero-order chi connectivity index (χ0) is 14.1. The largest absolute Gasteiger partial charge is 0.349 e. The third-order valence-corrected chi connectivity index (χ3v) is 3.95. The Balaban J connectivity index is 2.32. The van der Waals surface area contributed by atoms with Gasteiger partial charge in [0.25, 0.3) is 0 Å². The molecular formula is C15H12N2O2S. The lowest BCUT2D eigenvalue weighted by atomic mass is 10.1. The topological polar surface area (TPSA) is 58.9 Å². The van der Waals surface area contributed by atoms with Crippen molar-refractivity contribution in [2.24, 2.45) is 0 Å². The fraction of sp³-hybridized carbons (Fsp3) is 0.0667. The van der Waals surface area contributed by atoms with E-state index in [9.17, 15) is 10.1 Å². The Bertz CT molecular complexity index is 781. The number of hydrogen-bond acceptors (Lipinski definition) is 3. The van der Waals surface area contributed by atoms with Crippen molar-refractivity contribution in [2.75, 3.05) is 6.26 Å². The fourth-order valence-electron chi connectivity index (χ4n) is 2.29. The number of benzene rings is 2. The summed E-state index contributed by atoms with van der Waals surface area (Å²) in [4.78, 5) is 15.3. The Morgan fingerprint density at radius 2 is 1.90 bits per heavy atom. The summed E-state index contributed by atoms with van der Waals surface area (Å²) in [5.74, 6) is 0. The predicted molar refractivity (Wildman–Crippen MR) is 82.2 cm³/mol. The molecule has 3 aromatic rings. The van der Waals surface area contributed by atoms with Crippen LogP contribution in [0, 0.1) is 10.1 Å². The highest BCUT2D eigenvalue weighted by Gasteiger charge is 2.22. The van der Waals surface area contributed by atoms with E-state index < -0.39 is 0 Å². The lowest BCUT2D eigenvalue weighted by Crippen LogP contribution is -1.89. The number of nitro groups is 1. The van der Waals surface area contributed by atoms with Gasteiger partial charge in [-0.3, -0.25) is 10.1 Å². The minimum Gasteiger partial charge on any atom is -0.349 e. The predicted octanol–water partition coefficient (Wildman–Crippen LogP) is 4.47. The second-order valence-electron chi connectivity index (χ2n) is 4.38. The quantitative estimate of drug-likeness (QED) is 0.438. The lowest BCUT2D eigenvalue weighted by molar-refractivity contribution is -0.382. The van der Waals surface area contributed by atoms with Crippen LogP contribution < -0.4 is 0 Å². The third kappa shape index (κ3) is 2.06. The van der Waals surface area contributed by atoms with Crippen molar-refractivity contribution in [3.05, 3.63) is 58.6 Å². The number of aromatic nitrogens is 1. The first-order valence-corrected chi connectivity index (χ1v) is 7.32. The van der Waals surface area contributed by atoms with Crippen LogP contribution in [0.2, 0.25) is 0 Å². The molecule has 0 bridgehead atoms. The van der Waals surface area contributed by atoms with Crippen molar-refractivity contribution < 1.29 is 4.92 Å². The van der Waals surface area contributed by atoms with Gasteiger partial charge in [0.1, 0.15) is 5.69 Å². The first-order chi connectivity index (χ1) is 9.70. The van der Waals surface area contributed by atoms with E-state index in [-0.39, 0.29) is 10.6 Å². The standard InChI is InChI=1S/C15H12N2O2S/c1-20-11-7-8-13-12(9-11)15(17(18)19)14(16-13)10-5-3-2-4-6-10/h2-9,16H,1H3. The molecule has 0 aliphatic carbocycles. The maximum absolute atomic E-state index is 11.4. The molecule has 1 heterocycles. The number of hydrogen-bond donors (Lipinski definition) is 1. The Labute approximate surface area is 120 Å². The molecule has 100 valence electrons. The van der Waals surface area contributed by atoms with Crippen LogP contribution in [0.5, 0.6) is 0 Å². The van der Waals surface area contributed by atoms with Crippen LogP contribution in [0.3, 0.4) is 0 Å². The van der Waals surface area contributed by atoms with Crippen LogP contribution >= 0.6 is 11.8 Å². The van der Waals surface area contributed by atoms with Crippen molar-refractivity contribution in [3.8, 4) is 11.3 Å². The van der Waals surface area contributed by atoms with Crippen molar-refractivity contribution in [1.29, 1.82) is 0 Å². The van der Waals surface area contributed by atoms with Crippen LogP contribution in [0.4, 0.5) is 5.69 Å². The summed E-state index contributed by atoms with van der Waals surface area (Å²) >= 11 is 1.57. The average Bonchev–Trinajstić information content (AvgIpc) is 2.86. The van der Waals surface area contributed by atoms with Gasteiger partial charge in [-0.15, -0.1) is 11.8 Å². The summed E-state index contributed by atoms with van der Waals surface area (Å²) in [5.41, 5.74) is 2.31. The Morgan fingerprint density at radius 1 is 1.15 bits per heavy atom. The van der Waals surface area contributed by atoms with Gasteiger partial charge in [0.05, 0.1) is 15.8 Å². The van der Waals surface area contributed by atoms with E-state index in [1.165, 1.54) is 0 Å². The van der Waals surface area contributed by atoms with E-state index in [4.69, 9.17) is 0 Å². The Hall–Kier alpha value is -2.27. The third-order valence-electron chi connectivity index (χ3n) is 3.22. The van der Waals surface area contributed by atoms with Gasteiger partial charge in [-0.1, -0.05) is 30.3 Å². The molecule has 4 nitrogen and oxygen atoms in total. The minimum atomic E-state index is -0.314. The zero-order valence-electron chi connectivity index (χ0n) is 10.8. The van der Waals surface area contributed by atoms with E-state index >= 15 is 0 Å². The highest BCUT2D eigenvalue weighted by Crippen LogP contribution is 2.37. The molecule has 0 fully saturated rings. The number of nitrogens with zero attached hydrogens (tertiary/aromatic N) is 1. The van der Waals surface area contributed by atoms with Gasteiger partial charge in [-0.25, -0.2) is 0 Å². The normalized spacial score (nSPS) is 10.8. The highest BCUT2D eigenvalue weighted by atomic mass is 32.2.